The summed E-state index contributed by atoms with van der Waals surface area (Å²) in [6.45, 7) is 4.66. The molecule has 7 heteroatoms. The van der Waals surface area contributed by atoms with Gasteiger partial charge in [0.15, 0.2) is 0 Å². The van der Waals surface area contributed by atoms with E-state index in [9.17, 15) is 4.79 Å². The predicted octanol–water partition coefficient (Wildman–Crippen LogP) is 3.53. The van der Waals surface area contributed by atoms with Crippen LogP contribution < -0.4 is 5.32 Å². The molecule has 132 valence electrons. The molecule has 1 aromatic carbocycles. The van der Waals surface area contributed by atoms with Gasteiger partial charge in [0.2, 0.25) is 0 Å². The third-order valence-corrected chi connectivity index (χ3v) is 4.29. The number of carbonyl (C=O) groups is 1. The van der Waals surface area contributed by atoms with Crippen molar-refractivity contribution in [2.24, 2.45) is 0 Å². The molecule has 2 N–H and O–H groups in total. The molecule has 26 heavy (non-hydrogen) atoms. The van der Waals surface area contributed by atoms with Gasteiger partial charge < -0.3 is 14.3 Å². The number of H-pyrrole nitrogens is 1. The highest BCUT2D eigenvalue weighted by Gasteiger charge is 2.12. The van der Waals surface area contributed by atoms with Crippen LogP contribution in [0.4, 0.5) is 0 Å². The Morgan fingerprint density at radius 1 is 1.31 bits per heavy atom. The minimum Gasteiger partial charge on any atom is -0.472 e. The molecule has 0 spiro atoms. The number of nitrogens with zero attached hydrogens (tertiary/aromatic N) is 3. The van der Waals surface area contributed by atoms with Crippen molar-refractivity contribution in [2.75, 3.05) is 0 Å². The van der Waals surface area contributed by atoms with Gasteiger partial charge in [-0.05, 0) is 43.7 Å². The SMILES string of the molecule is CC(C)n1cnc2ccc(CNC(=O)c3cc(-c4ccoc4)n[nH]3)cc21. The minimum atomic E-state index is -0.204. The number of imidazole rings is 1. The Hall–Kier alpha value is -3.35. The van der Waals surface area contributed by atoms with Gasteiger partial charge in [-0.2, -0.15) is 5.10 Å². The normalized spacial score (nSPS) is 11.3. The maximum atomic E-state index is 12.4. The van der Waals surface area contributed by atoms with Gasteiger partial charge in [-0.3, -0.25) is 9.89 Å². The van der Waals surface area contributed by atoms with Crippen LogP contribution in [0.25, 0.3) is 22.3 Å². The Morgan fingerprint density at radius 3 is 2.96 bits per heavy atom. The summed E-state index contributed by atoms with van der Waals surface area (Å²) < 4.78 is 7.16. The maximum Gasteiger partial charge on any atom is 0.269 e. The number of hydrogen-bond donors (Lipinski definition) is 2. The van der Waals surface area contributed by atoms with Crippen molar-refractivity contribution in [3.8, 4) is 11.3 Å². The van der Waals surface area contributed by atoms with Gasteiger partial charge in [-0.25, -0.2) is 4.98 Å². The fourth-order valence-electron chi connectivity index (χ4n) is 2.87. The molecule has 0 aliphatic heterocycles. The van der Waals surface area contributed by atoms with Crippen LogP contribution in [0.1, 0.15) is 35.9 Å². The van der Waals surface area contributed by atoms with Gasteiger partial charge in [0, 0.05) is 18.2 Å². The molecule has 0 aliphatic carbocycles. The lowest BCUT2D eigenvalue weighted by Crippen LogP contribution is -2.23. The fraction of sp³-hybridized carbons (Fsp3) is 0.211. The van der Waals surface area contributed by atoms with Crippen LogP contribution in [0.5, 0.6) is 0 Å². The molecule has 4 aromatic rings. The number of rotatable bonds is 5. The molecule has 0 saturated heterocycles. The second kappa shape index (κ2) is 6.51. The highest BCUT2D eigenvalue weighted by molar-refractivity contribution is 5.93. The lowest BCUT2D eigenvalue weighted by molar-refractivity contribution is 0.0946. The number of hydrogen-bond acceptors (Lipinski definition) is 4. The average Bonchev–Trinajstić information content (AvgIpc) is 3.38. The van der Waals surface area contributed by atoms with Crippen LogP contribution in [-0.2, 0) is 6.54 Å². The molecular formula is C19H19N5O2. The molecule has 3 aromatic heterocycles. The summed E-state index contributed by atoms with van der Waals surface area (Å²) in [5.74, 6) is -0.204. The van der Waals surface area contributed by atoms with Gasteiger partial charge in [0.1, 0.15) is 5.69 Å². The Bertz CT molecular complexity index is 1040. The molecule has 0 atom stereocenters. The third kappa shape index (κ3) is 2.99. The predicted molar refractivity (Wildman–Crippen MR) is 97.6 cm³/mol. The zero-order valence-electron chi connectivity index (χ0n) is 14.6. The van der Waals surface area contributed by atoms with Crippen LogP contribution in [0.15, 0.2) is 53.6 Å². The number of carbonyl (C=O) groups excluding carboxylic acids is 1. The van der Waals surface area contributed by atoms with Gasteiger partial charge in [0.25, 0.3) is 5.91 Å². The van der Waals surface area contributed by atoms with Crippen LogP contribution in [-0.4, -0.2) is 25.7 Å². The summed E-state index contributed by atoms with van der Waals surface area (Å²) in [7, 11) is 0. The van der Waals surface area contributed by atoms with Crippen molar-refractivity contribution < 1.29 is 9.21 Å². The summed E-state index contributed by atoms with van der Waals surface area (Å²) in [6.07, 6.45) is 5.01. The lowest BCUT2D eigenvalue weighted by atomic mass is 10.2. The van der Waals surface area contributed by atoms with E-state index >= 15 is 0 Å². The van der Waals surface area contributed by atoms with Crippen molar-refractivity contribution >= 4 is 16.9 Å². The zero-order chi connectivity index (χ0) is 18.1. The van der Waals surface area contributed by atoms with Crippen molar-refractivity contribution in [1.82, 2.24) is 25.1 Å². The van der Waals surface area contributed by atoms with Gasteiger partial charge in [0.05, 0.1) is 35.6 Å². The topological polar surface area (TPSA) is 88.7 Å². The third-order valence-electron chi connectivity index (χ3n) is 4.29. The van der Waals surface area contributed by atoms with E-state index in [2.05, 4.69) is 45.0 Å². The van der Waals surface area contributed by atoms with Crippen LogP contribution in [0.3, 0.4) is 0 Å². The van der Waals surface area contributed by atoms with Gasteiger partial charge in [-0.15, -0.1) is 0 Å². The van der Waals surface area contributed by atoms with E-state index in [4.69, 9.17) is 4.42 Å². The number of aromatic nitrogens is 4. The summed E-state index contributed by atoms with van der Waals surface area (Å²) in [5, 5.41) is 9.82. The number of benzene rings is 1. The molecule has 0 aliphatic rings. The molecule has 0 fully saturated rings. The van der Waals surface area contributed by atoms with Crippen molar-refractivity contribution in [2.45, 2.75) is 26.4 Å². The van der Waals surface area contributed by atoms with Crippen LogP contribution >= 0.6 is 0 Å². The van der Waals surface area contributed by atoms with Gasteiger partial charge >= 0.3 is 0 Å². The fourth-order valence-corrected chi connectivity index (χ4v) is 2.87. The quantitative estimate of drug-likeness (QED) is 0.577. The molecule has 1 amide bonds. The Balaban J connectivity index is 1.47. The summed E-state index contributed by atoms with van der Waals surface area (Å²) in [5.41, 5.74) is 4.94. The molecule has 4 rings (SSSR count). The molecular weight excluding hydrogens is 330 g/mol. The first kappa shape index (κ1) is 16.1. The second-order valence-corrected chi connectivity index (χ2v) is 6.43. The number of aromatic amines is 1. The highest BCUT2D eigenvalue weighted by atomic mass is 16.3. The zero-order valence-corrected chi connectivity index (χ0v) is 14.6. The van der Waals surface area contributed by atoms with Crippen molar-refractivity contribution in [3.63, 3.8) is 0 Å². The molecule has 0 unspecified atom stereocenters. The van der Waals surface area contributed by atoms with Crippen LogP contribution in [0.2, 0.25) is 0 Å². The van der Waals surface area contributed by atoms with Gasteiger partial charge in [-0.1, -0.05) is 6.07 Å². The Labute approximate surface area is 150 Å². The van der Waals surface area contributed by atoms with E-state index in [0.717, 1.165) is 22.2 Å². The van der Waals surface area contributed by atoms with E-state index in [1.807, 2.05) is 18.5 Å². The summed E-state index contributed by atoms with van der Waals surface area (Å²) in [6, 6.07) is 9.85. The molecule has 0 saturated carbocycles. The number of furan rings is 1. The maximum absolute atomic E-state index is 12.4. The average molecular weight is 349 g/mol. The largest absolute Gasteiger partial charge is 0.472 e. The van der Waals surface area contributed by atoms with E-state index in [-0.39, 0.29) is 5.91 Å². The monoisotopic (exact) mass is 349 g/mol. The lowest BCUT2D eigenvalue weighted by Gasteiger charge is -2.09. The van der Waals surface area contributed by atoms with E-state index in [0.29, 0.717) is 24.0 Å². The molecule has 0 bridgehead atoms. The summed E-state index contributed by atoms with van der Waals surface area (Å²) in [4.78, 5) is 16.8. The van der Waals surface area contributed by atoms with E-state index in [1.54, 1.807) is 24.7 Å². The molecule has 3 heterocycles. The first-order valence-corrected chi connectivity index (χ1v) is 8.43. The standard InChI is InChI=1S/C19H19N5O2/c1-12(2)24-11-21-15-4-3-13(7-18(15)24)9-20-19(25)17-8-16(22-23-17)14-5-6-26-10-14/h3-8,10-12H,9H2,1-2H3,(H,20,25)(H,22,23). The van der Waals surface area contributed by atoms with Crippen molar-refractivity contribution in [1.29, 1.82) is 0 Å². The smallest absolute Gasteiger partial charge is 0.269 e. The highest BCUT2D eigenvalue weighted by Crippen LogP contribution is 2.20. The number of nitrogens with one attached hydrogen (secondary N) is 2. The van der Waals surface area contributed by atoms with E-state index in [1.165, 1.54) is 0 Å². The first-order chi connectivity index (χ1) is 12.6. The minimum absolute atomic E-state index is 0.204. The Morgan fingerprint density at radius 2 is 2.19 bits per heavy atom. The number of fused-ring (bicyclic) bond motifs is 1. The molecule has 0 radical (unpaired) electrons. The molecule has 7 nitrogen and oxygen atoms in total. The van der Waals surface area contributed by atoms with Crippen molar-refractivity contribution in [3.05, 3.63) is 60.4 Å². The first-order valence-electron chi connectivity index (χ1n) is 8.43. The second-order valence-electron chi connectivity index (χ2n) is 6.43. The number of amides is 1. The van der Waals surface area contributed by atoms with E-state index < -0.39 is 0 Å². The van der Waals surface area contributed by atoms with Crippen LogP contribution in [0, 0.1) is 0 Å². The Kier molecular flexibility index (Phi) is 4.04. The summed E-state index contributed by atoms with van der Waals surface area (Å²) >= 11 is 0.